The van der Waals surface area contributed by atoms with Gasteiger partial charge in [-0.25, -0.2) is 4.98 Å². The molecule has 5 heteroatoms. The van der Waals surface area contributed by atoms with Gasteiger partial charge < -0.3 is 10.1 Å². The van der Waals surface area contributed by atoms with Crippen LogP contribution >= 0.6 is 22.9 Å². The van der Waals surface area contributed by atoms with Crippen LogP contribution in [0.3, 0.4) is 0 Å². The second-order valence-corrected chi connectivity index (χ2v) is 5.28. The molecule has 0 amide bonds. The van der Waals surface area contributed by atoms with Crippen LogP contribution in [-0.4, -0.2) is 11.5 Å². The lowest BCUT2D eigenvalue weighted by molar-refractivity contribution is 0.305. The molecule has 1 heterocycles. The van der Waals surface area contributed by atoms with Gasteiger partial charge in [0, 0.05) is 23.5 Å². The lowest BCUT2D eigenvalue weighted by Gasteiger charge is -2.03. The normalized spacial score (nSPS) is 10.4. The van der Waals surface area contributed by atoms with Gasteiger partial charge in [0.15, 0.2) is 0 Å². The highest BCUT2D eigenvalue weighted by Crippen LogP contribution is 2.19. The Bertz CT molecular complexity index is 542. The number of nitrogens with zero attached hydrogens (tertiary/aromatic N) is 1. The second-order valence-electron chi connectivity index (χ2n) is 3.90. The Balaban J connectivity index is 1.84. The van der Waals surface area contributed by atoms with Crippen LogP contribution in [-0.2, 0) is 13.2 Å². The highest BCUT2D eigenvalue weighted by atomic mass is 35.5. The van der Waals surface area contributed by atoms with Gasteiger partial charge in [-0.2, -0.15) is 0 Å². The minimum atomic E-state index is 0.465. The van der Waals surface area contributed by atoms with Crippen LogP contribution in [0.1, 0.15) is 10.7 Å². The summed E-state index contributed by atoms with van der Waals surface area (Å²) in [4.78, 5) is 4.48. The predicted molar refractivity (Wildman–Crippen MR) is 79.8 cm³/mol. The molecule has 2 rings (SSSR count). The fourth-order valence-corrected chi connectivity index (χ4v) is 2.39. The molecule has 19 heavy (non-hydrogen) atoms. The van der Waals surface area contributed by atoms with E-state index in [0.29, 0.717) is 11.6 Å². The van der Waals surface area contributed by atoms with Crippen molar-refractivity contribution in [2.45, 2.75) is 13.2 Å². The molecule has 0 saturated carbocycles. The van der Waals surface area contributed by atoms with Gasteiger partial charge in [0.05, 0.1) is 5.69 Å². The first-order valence-corrected chi connectivity index (χ1v) is 7.17. The van der Waals surface area contributed by atoms with Crippen molar-refractivity contribution in [3.05, 3.63) is 58.0 Å². The van der Waals surface area contributed by atoms with E-state index >= 15 is 0 Å². The molecule has 0 atom stereocenters. The highest BCUT2D eigenvalue weighted by molar-refractivity contribution is 7.09. The molecule has 0 spiro atoms. The Kier molecular flexibility index (Phi) is 5.39. The van der Waals surface area contributed by atoms with E-state index in [1.165, 1.54) is 0 Å². The first-order chi connectivity index (χ1) is 9.28. The molecule has 0 aliphatic rings. The number of rotatable bonds is 7. The molecule has 0 radical (unpaired) electrons. The molecule has 2 aromatic rings. The zero-order chi connectivity index (χ0) is 13.5. The van der Waals surface area contributed by atoms with Crippen LogP contribution in [0.5, 0.6) is 5.75 Å². The van der Waals surface area contributed by atoms with Gasteiger partial charge >= 0.3 is 0 Å². The average molecular weight is 295 g/mol. The van der Waals surface area contributed by atoms with Crippen LogP contribution in [0, 0.1) is 0 Å². The van der Waals surface area contributed by atoms with E-state index in [0.717, 1.165) is 29.5 Å². The van der Waals surface area contributed by atoms with Crippen molar-refractivity contribution in [1.29, 1.82) is 0 Å². The zero-order valence-electron chi connectivity index (χ0n) is 10.4. The summed E-state index contributed by atoms with van der Waals surface area (Å²) in [6.07, 6.45) is 1.83. The van der Waals surface area contributed by atoms with Crippen molar-refractivity contribution in [1.82, 2.24) is 10.3 Å². The standard InChI is InChI=1S/C14H15ClN2OS/c1-2-6-16-8-12-10-19-14(17-12)9-18-13-5-3-4-11(15)7-13/h2-5,7,10,16H,1,6,8-9H2. The van der Waals surface area contributed by atoms with Gasteiger partial charge in [-0.15, -0.1) is 17.9 Å². The van der Waals surface area contributed by atoms with Gasteiger partial charge in [0.25, 0.3) is 0 Å². The third-order valence-electron chi connectivity index (χ3n) is 2.35. The molecule has 100 valence electrons. The molecule has 1 aromatic carbocycles. The summed E-state index contributed by atoms with van der Waals surface area (Å²) in [7, 11) is 0. The molecule has 0 unspecified atom stereocenters. The van der Waals surface area contributed by atoms with Gasteiger partial charge in [0.1, 0.15) is 17.4 Å². The molecule has 1 N–H and O–H groups in total. The molecule has 0 aliphatic heterocycles. The summed E-state index contributed by atoms with van der Waals surface area (Å²) >= 11 is 7.49. The first-order valence-electron chi connectivity index (χ1n) is 5.91. The Morgan fingerprint density at radius 3 is 3.16 bits per heavy atom. The van der Waals surface area contributed by atoms with Gasteiger partial charge in [-0.1, -0.05) is 23.7 Å². The Morgan fingerprint density at radius 2 is 2.37 bits per heavy atom. The van der Waals surface area contributed by atoms with Crippen LogP contribution in [0.15, 0.2) is 42.3 Å². The molecule has 0 fully saturated rings. The summed E-state index contributed by atoms with van der Waals surface area (Å²) in [5.74, 6) is 0.758. The summed E-state index contributed by atoms with van der Waals surface area (Å²) < 4.78 is 5.64. The molecule has 1 aromatic heterocycles. The molecule has 3 nitrogen and oxygen atoms in total. The van der Waals surface area contributed by atoms with Gasteiger partial charge in [-0.05, 0) is 18.2 Å². The van der Waals surface area contributed by atoms with E-state index in [9.17, 15) is 0 Å². The van der Waals surface area contributed by atoms with E-state index < -0.39 is 0 Å². The molecular weight excluding hydrogens is 280 g/mol. The average Bonchev–Trinajstić information content (AvgIpc) is 2.85. The lowest BCUT2D eigenvalue weighted by Crippen LogP contribution is -2.12. The van der Waals surface area contributed by atoms with Crippen molar-refractivity contribution in [3.8, 4) is 5.75 Å². The Labute approximate surface area is 121 Å². The third-order valence-corrected chi connectivity index (χ3v) is 3.46. The summed E-state index contributed by atoms with van der Waals surface area (Å²) in [5, 5.41) is 6.87. The van der Waals surface area contributed by atoms with Crippen molar-refractivity contribution in [3.63, 3.8) is 0 Å². The molecule has 0 bridgehead atoms. The maximum atomic E-state index is 5.89. The van der Waals surface area contributed by atoms with E-state index in [-0.39, 0.29) is 0 Å². The van der Waals surface area contributed by atoms with E-state index in [1.54, 1.807) is 17.4 Å². The largest absolute Gasteiger partial charge is 0.486 e. The number of ether oxygens (including phenoxy) is 1. The van der Waals surface area contributed by atoms with Crippen molar-refractivity contribution in [2.75, 3.05) is 6.54 Å². The fraction of sp³-hybridized carbons (Fsp3) is 0.214. The van der Waals surface area contributed by atoms with Crippen LogP contribution in [0.2, 0.25) is 5.02 Å². The van der Waals surface area contributed by atoms with Crippen molar-refractivity contribution in [2.24, 2.45) is 0 Å². The maximum absolute atomic E-state index is 5.89. The first kappa shape index (κ1) is 14.1. The quantitative estimate of drug-likeness (QED) is 0.625. The van der Waals surface area contributed by atoms with Crippen molar-refractivity contribution >= 4 is 22.9 Å². The van der Waals surface area contributed by atoms with E-state index in [4.69, 9.17) is 16.3 Å². The number of aromatic nitrogens is 1. The number of nitrogens with one attached hydrogen (secondary N) is 1. The zero-order valence-corrected chi connectivity index (χ0v) is 12.0. The Hall–Kier alpha value is -1.36. The smallest absolute Gasteiger partial charge is 0.140 e. The SMILES string of the molecule is C=CCNCc1csc(COc2cccc(Cl)c2)n1. The number of hydrogen-bond acceptors (Lipinski definition) is 4. The second kappa shape index (κ2) is 7.28. The van der Waals surface area contributed by atoms with Crippen molar-refractivity contribution < 1.29 is 4.74 Å². The number of thiazole rings is 1. The molecule has 0 aliphatic carbocycles. The molecule has 0 saturated heterocycles. The number of benzene rings is 1. The molecular formula is C14H15ClN2OS. The third kappa shape index (κ3) is 4.67. The fourth-order valence-electron chi connectivity index (χ4n) is 1.50. The predicted octanol–water partition coefficient (Wildman–Crippen LogP) is 3.65. The highest BCUT2D eigenvalue weighted by Gasteiger charge is 2.03. The van der Waals surface area contributed by atoms with Gasteiger partial charge in [-0.3, -0.25) is 0 Å². The number of hydrogen-bond donors (Lipinski definition) is 1. The summed E-state index contributed by atoms with van der Waals surface area (Å²) in [6, 6.07) is 7.36. The van der Waals surface area contributed by atoms with Gasteiger partial charge in [0.2, 0.25) is 0 Å². The van der Waals surface area contributed by atoms with Crippen LogP contribution < -0.4 is 10.1 Å². The number of halogens is 1. The topological polar surface area (TPSA) is 34.1 Å². The summed E-state index contributed by atoms with van der Waals surface area (Å²) in [6.45, 7) is 5.65. The van der Waals surface area contributed by atoms with Crippen LogP contribution in [0.25, 0.3) is 0 Å². The maximum Gasteiger partial charge on any atom is 0.140 e. The minimum absolute atomic E-state index is 0.465. The minimum Gasteiger partial charge on any atom is -0.486 e. The lowest BCUT2D eigenvalue weighted by atomic mass is 10.3. The van der Waals surface area contributed by atoms with E-state index in [1.807, 2.05) is 29.7 Å². The Morgan fingerprint density at radius 1 is 1.47 bits per heavy atom. The van der Waals surface area contributed by atoms with Crippen LogP contribution in [0.4, 0.5) is 0 Å². The monoisotopic (exact) mass is 294 g/mol. The summed E-state index contributed by atoms with van der Waals surface area (Å²) in [5.41, 5.74) is 1.02. The van der Waals surface area contributed by atoms with E-state index in [2.05, 4.69) is 16.9 Å².